The molecule has 4 N–H and O–H groups in total. The van der Waals surface area contributed by atoms with Crippen LogP contribution in [0, 0.1) is 11.3 Å². The molecule has 2 bridgehead atoms. The smallest absolute Gasteiger partial charge is 0.251 e. The van der Waals surface area contributed by atoms with Crippen molar-refractivity contribution in [2.24, 2.45) is 5.92 Å². The minimum absolute atomic E-state index is 0.243. The van der Waals surface area contributed by atoms with Crippen molar-refractivity contribution in [3.05, 3.63) is 94.0 Å². The summed E-state index contributed by atoms with van der Waals surface area (Å²) >= 11 is 6.18. The molecule has 2 unspecified atom stereocenters. The summed E-state index contributed by atoms with van der Waals surface area (Å²) in [6, 6.07) is 21.3. The second kappa shape index (κ2) is 12.5. The molecule has 200 valence electrons. The lowest BCUT2D eigenvalue weighted by Gasteiger charge is -2.36. The van der Waals surface area contributed by atoms with Gasteiger partial charge >= 0.3 is 0 Å². The number of benzene rings is 3. The molecule has 3 aromatic carbocycles. The van der Waals surface area contributed by atoms with Gasteiger partial charge in [0.2, 0.25) is 0 Å². The van der Waals surface area contributed by atoms with Crippen LogP contribution in [0.2, 0.25) is 5.02 Å². The lowest BCUT2D eigenvalue weighted by Crippen LogP contribution is -2.45. The molecule has 0 saturated carbocycles. The van der Waals surface area contributed by atoms with E-state index in [1.165, 1.54) is 0 Å². The van der Waals surface area contributed by atoms with E-state index in [9.17, 15) is 4.79 Å². The number of halogens is 1. The monoisotopic (exact) mass is 532 g/mol. The van der Waals surface area contributed by atoms with Gasteiger partial charge in [-0.15, -0.1) is 0 Å². The van der Waals surface area contributed by atoms with Crippen molar-refractivity contribution in [3.63, 3.8) is 0 Å². The molecule has 2 saturated heterocycles. The van der Waals surface area contributed by atoms with Crippen molar-refractivity contribution in [1.82, 2.24) is 5.32 Å². The van der Waals surface area contributed by atoms with E-state index in [4.69, 9.17) is 27.5 Å². The average Bonchev–Trinajstić information content (AvgIpc) is 3.15. The molecule has 0 aliphatic carbocycles. The number of carbonyl (C=O) groups is 1. The fourth-order valence-corrected chi connectivity index (χ4v) is 5.04. The molecule has 2 atom stereocenters. The van der Waals surface area contributed by atoms with E-state index in [1.54, 1.807) is 24.3 Å². The molecular formula is C31H37ClN4O2. The number of nitrogens with zero attached hydrogens (tertiary/aromatic N) is 1. The van der Waals surface area contributed by atoms with Gasteiger partial charge in [-0.05, 0) is 60.7 Å². The molecule has 2 aliphatic rings. The van der Waals surface area contributed by atoms with Gasteiger partial charge < -0.3 is 20.7 Å². The SMILES string of the molecule is CC(C)C.N=C(c1ccc(N2C3CCC2COC3)cc1)c1cc(C(=O)NCc2ccccc2Cl)ccc1N. The normalized spacial score (nSPS) is 18.1. The Morgan fingerprint density at radius 1 is 1.03 bits per heavy atom. The summed E-state index contributed by atoms with van der Waals surface area (Å²) in [4.78, 5) is 15.2. The fourth-order valence-electron chi connectivity index (χ4n) is 4.84. The Bertz CT molecular complexity index is 1260. The van der Waals surface area contributed by atoms with E-state index in [0.717, 1.165) is 48.8 Å². The molecule has 0 radical (unpaired) electrons. The van der Waals surface area contributed by atoms with Crippen LogP contribution in [0.15, 0.2) is 66.7 Å². The number of rotatable bonds is 6. The molecule has 7 heteroatoms. The highest BCUT2D eigenvalue weighted by Crippen LogP contribution is 2.34. The summed E-state index contributed by atoms with van der Waals surface area (Å²) in [5.74, 6) is 0.590. The number of nitrogens with two attached hydrogens (primary N) is 1. The number of carbonyl (C=O) groups excluding carboxylic acids is 1. The first-order valence-electron chi connectivity index (χ1n) is 13.2. The van der Waals surface area contributed by atoms with Crippen LogP contribution in [0.25, 0.3) is 0 Å². The van der Waals surface area contributed by atoms with Gasteiger partial charge in [-0.1, -0.05) is 62.7 Å². The Hall–Kier alpha value is -3.35. The second-order valence-electron chi connectivity index (χ2n) is 10.6. The van der Waals surface area contributed by atoms with Crippen molar-refractivity contribution >= 4 is 34.6 Å². The fraction of sp³-hybridized carbons (Fsp3) is 0.355. The standard InChI is InChI=1S/C27H27ClN4O2.C4H10/c28-24-4-2-1-3-19(24)14-31-27(33)18-7-12-25(29)23(13-18)26(30)17-5-8-20(9-6-17)32-21-10-11-22(32)16-34-15-21;1-4(2)3/h1-9,12-13,21-22,30H,10-11,14-16,29H2,(H,31,33);4H,1-3H3. The number of morpholine rings is 1. The van der Waals surface area contributed by atoms with Crippen molar-refractivity contribution in [2.75, 3.05) is 23.8 Å². The number of nitrogens with one attached hydrogen (secondary N) is 2. The zero-order chi connectivity index (χ0) is 27.2. The molecule has 2 aliphatic heterocycles. The van der Waals surface area contributed by atoms with Crippen molar-refractivity contribution in [3.8, 4) is 0 Å². The zero-order valence-electron chi connectivity index (χ0n) is 22.3. The molecule has 6 nitrogen and oxygen atoms in total. The van der Waals surface area contributed by atoms with Crippen LogP contribution in [-0.2, 0) is 11.3 Å². The lowest BCUT2D eigenvalue weighted by molar-refractivity contribution is 0.0906. The number of hydrogen-bond donors (Lipinski definition) is 3. The van der Waals surface area contributed by atoms with Crippen LogP contribution in [0.1, 0.15) is 60.7 Å². The average molecular weight is 533 g/mol. The van der Waals surface area contributed by atoms with Gasteiger partial charge in [0.25, 0.3) is 5.91 Å². The zero-order valence-corrected chi connectivity index (χ0v) is 23.1. The van der Waals surface area contributed by atoms with Crippen LogP contribution in [0.3, 0.4) is 0 Å². The number of amides is 1. The van der Waals surface area contributed by atoms with Crippen LogP contribution in [0.5, 0.6) is 0 Å². The molecular weight excluding hydrogens is 496 g/mol. The first kappa shape index (κ1) is 27.7. The Balaban J connectivity index is 0.000000786. The van der Waals surface area contributed by atoms with Crippen LogP contribution in [0.4, 0.5) is 11.4 Å². The quantitative estimate of drug-likeness (QED) is 0.257. The van der Waals surface area contributed by atoms with Crippen LogP contribution < -0.4 is 16.0 Å². The summed E-state index contributed by atoms with van der Waals surface area (Å²) in [6.07, 6.45) is 2.31. The Labute approximate surface area is 230 Å². The molecule has 0 spiro atoms. The number of ether oxygens (including phenoxy) is 1. The lowest BCUT2D eigenvalue weighted by atomic mass is 9.98. The van der Waals surface area contributed by atoms with Crippen LogP contribution in [-0.4, -0.2) is 36.9 Å². The molecule has 0 aromatic heterocycles. The number of fused-ring (bicyclic) bond motifs is 2. The summed E-state index contributed by atoms with van der Waals surface area (Å²) in [5.41, 5.74) is 10.7. The summed E-state index contributed by atoms with van der Waals surface area (Å²) in [5, 5.41) is 12.3. The summed E-state index contributed by atoms with van der Waals surface area (Å²) in [6.45, 7) is 8.37. The molecule has 2 heterocycles. The van der Waals surface area contributed by atoms with Gasteiger partial charge in [0.1, 0.15) is 0 Å². The van der Waals surface area contributed by atoms with Crippen molar-refractivity contribution < 1.29 is 9.53 Å². The number of anilines is 2. The molecule has 3 aromatic rings. The van der Waals surface area contributed by atoms with E-state index in [2.05, 4.69) is 43.1 Å². The molecule has 38 heavy (non-hydrogen) atoms. The van der Waals surface area contributed by atoms with E-state index in [1.807, 2.05) is 30.3 Å². The molecule has 5 rings (SSSR count). The Morgan fingerprint density at radius 3 is 2.26 bits per heavy atom. The Morgan fingerprint density at radius 2 is 1.63 bits per heavy atom. The maximum Gasteiger partial charge on any atom is 0.251 e. The highest BCUT2D eigenvalue weighted by molar-refractivity contribution is 6.31. The van der Waals surface area contributed by atoms with E-state index >= 15 is 0 Å². The molecule has 2 fully saturated rings. The summed E-state index contributed by atoms with van der Waals surface area (Å²) in [7, 11) is 0. The highest BCUT2D eigenvalue weighted by atomic mass is 35.5. The van der Waals surface area contributed by atoms with Gasteiger partial charge in [0.15, 0.2) is 0 Å². The number of hydrogen-bond acceptors (Lipinski definition) is 5. The van der Waals surface area contributed by atoms with Gasteiger partial charge in [0.05, 0.1) is 31.0 Å². The topological polar surface area (TPSA) is 91.4 Å². The van der Waals surface area contributed by atoms with Gasteiger partial charge in [0, 0.05) is 39.6 Å². The largest absolute Gasteiger partial charge is 0.398 e. The van der Waals surface area contributed by atoms with Gasteiger partial charge in [-0.2, -0.15) is 0 Å². The molecule has 1 amide bonds. The summed E-state index contributed by atoms with van der Waals surface area (Å²) < 4.78 is 5.69. The highest BCUT2D eigenvalue weighted by Gasteiger charge is 2.37. The first-order valence-corrected chi connectivity index (χ1v) is 13.6. The van der Waals surface area contributed by atoms with Crippen molar-refractivity contribution in [1.29, 1.82) is 5.41 Å². The third-order valence-corrected chi connectivity index (χ3v) is 7.05. The minimum atomic E-state index is -0.243. The number of nitrogen functional groups attached to an aromatic ring is 1. The van der Waals surface area contributed by atoms with Crippen molar-refractivity contribution in [2.45, 2.75) is 52.2 Å². The van der Waals surface area contributed by atoms with Crippen LogP contribution >= 0.6 is 11.6 Å². The van der Waals surface area contributed by atoms with Gasteiger partial charge in [-0.25, -0.2) is 0 Å². The predicted octanol–water partition coefficient (Wildman–Crippen LogP) is 6.30. The third-order valence-electron chi connectivity index (χ3n) is 6.68. The van der Waals surface area contributed by atoms with E-state index < -0.39 is 0 Å². The van der Waals surface area contributed by atoms with E-state index in [-0.39, 0.29) is 11.6 Å². The maximum atomic E-state index is 12.8. The Kier molecular flexibility index (Phi) is 9.08. The van der Waals surface area contributed by atoms with E-state index in [0.29, 0.717) is 40.5 Å². The second-order valence-corrected chi connectivity index (χ2v) is 11.0. The first-order chi connectivity index (χ1) is 18.2. The minimum Gasteiger partial charge on any atom is -0.398 e. The predicted molar refractivity (Wildman–Crippen MR) is 156 cm³/mol. The maximum absolute atomic E-state index is 12.8. The third kappa shape index (κ3) is 6.55. The van der Waals surface area contributed by atoms with Gasteiger partial charge in [-0.3, -0.25) is 10.2 Å².